The first-order valence-corrected chi connectivity index (χ1v) is 11.2. The molecule has 0 atom stereocenters. The molecule has 1 aliphatic rings. The molecule has 0 bridgehead atoms. The van der Waals surface area contributed by atoms with Crippen molar-refractivity contribution in [1.29, 1.82) is 0 Å². The molecule has 3 aromatic carbocycles. The van der Waals surface area contributed by atoms with Crippen molar-refractivity contribution in [3.8, 4) is 16.9 Å². The van der Waals surface area contributed by atoms with Gasteiger partial charge in [0.15, 0.2) is 17.3 Å². The number of halogens is 4. The molecule has 0 amide bonds. The lowest BCUT2D eigenvalue weighted by atomic mass is 9.80. The largest absolute Gasteiger partial charge is 0.534 e. The number of carbonyl (C=O) groups is 2. The van der Waals surface area contributed by atoms with E-state index in [2.05, 4.69) is 4.18 Å². The molecule has 0 saturated carbocycles. The van der Waals surface area contributed by atoms with Crippen LogP contribution in [0.15, 0.2) is 48.5 Å². The third-order valence-corrected chi connectivity index (χ3v) is 6.45. The number of rotatable bonds is 3. The van der Waals surface area contributed by atoms with Crippen LogP contribution in [0.2, 0.25) is 5.02 Å². The Morgan fingerprint density at radius 2 is 1.36 bits per heavy atom. The van der Waals surface area contributed by atoms with E-state index in [1.807, 2.05) is 6.07 Å². The quantitative estimate of drug-likeness (QED) is 0.272. The van der Waals surface area contributed by atoms with Gasteiger partial charge in [0.25, 0.3) is 0 Å². The molecular weight excluding hydrogens is 481 g/mol. The normalized spacial score (nSPS) is 13.5. The fourth-order valence-electron chi connectivity index (χ4n) is 3.82. The minimum Gasteiger partial charge on any atom is -0.374 e. The van der Waals surface area contributed by atoms with E-state index >= 15 is 0 Å². The van der Waals surface area contributed by atoms with Gasteiger partial charge in [-0.05, 0) is 25.5 Å². The zero-order valence-corrected chi connectivity index (χ0v) is 18.7. The Morgan fingerprint density at radius 3 is 1.91 bits per heavy atom. The van der Waals surface area contributed by atoms with Crippen molar-refractivity contribution < 1.29 is 35.4 Å². The molecule has 0 aromatic heterocycles. The molecular formula is C23H14ClF3O5S. The van der Waals surface area contributed by atoms with Gasteiger partial charge >= 0.3 is 15.6 Å². The predicted octanol–water partition coefficient (Wildman–Crippen LogP) is 5.63. The topological polar surface area (TPSA) is 77.5 Å². The van der Waals surface area contributed by atoms with Crippen LogP contribution in [0.1, 0.15) is 43.0 Å². The van der Waals surface area contributed by atoms with Gasteiger partial charge in [0.1, 0.15) is 0 Å². The van der Waals surface area contributed by atoms with Crippen LogP contribution >= 0.6 is 11.6 Å². The van der Waals surface area contributed by atoms with Crippen molar-refractivity contribution in [3.63, 3.8) is 0 Å². The van der Waals surface area contributed by atoms with Crippen LogP contribution in [0.4, 0.5) is 13.2 Å². The number of benzene rings is 3. The highest BCUT2D eigenvalue weighted by atomic mass is 35.5. The van der Waals surface area contributed by atoms with Crippen molar-refractivity contribution in [2.24, 2.45) is 0 Å². The van der Waals surface area contributed by atoms with Crippen molar-refractivity contribution in [3.05, 3.63) is 86.9 Å². The molecule has 0 N–H and O–H groups in total. The van der Waals surface area contributed by atoms with Crippen LogP contribution < -0.4 is 4.18 Å². The first-order valence-electron chi connectivity index (χ1n) is 9.46. The Labute approximate surface area is 191 Å². The number of aryl methyl sites for hydroxylation is 2. The lowest BCUT2D eigenvalue weighted by Crippen LogP contribution is -2.29. The highest BCUT2D eigenvalue weighted by Gasteiger charge is 2.49. The third kappa shape index (κ3) is 3.81. The molecule has 1 aliphatic carbocycles. The molecule has 5 nitrogen and oxygen atoms in total. The van der Waals surface area contributed by atoms with Crippen molar-refractivity contribution >= 4 is 33.3 Å². The maximum absolute atomic E-state index is 13.4. The molecule has 33 heavy (non-hydrogen) atoms. The molecule has 10 heteroatoms. The van der Waals surface area contributed by atoms with Crippen molar-refractivity contribution in [2.45, 2.75) is 19.4 Å². The van der Waals surface area contributed by atoms with Crippen molar-refractivity contribution in [1.82, 2.24) is 0 Å². The Balaban J connectivity index is 2.08. The monoisotopic (exact) mass is 494 g/mol. The Bertz CT molecular complexity index is 1440. The average molecular weight is 495 g/mol. The van der Waals surface area contributed by atoms with Crippen LogP contribution in [-0.4, -0.2) is 25.5 Å². The highest BCUT2D eigenvalue weighted by Crippen LogP contribution is 2.45. The Kier molecular flexibility index (Phi) is 5.37. The summed E-state index contributed by atoms with van der Waals surface area (Å²) in [6, 6.07) is 11.8. The number of alkyl halides is 3. The van der Waals surface area contributed by atoms with E-state index in [9.17, 15) is 31.2 Å². The zero-order chi connectivity index (χ0) is 24.3. The van der Waals surface area contributed by atoms with Gasteiger partial charge in [-0.3, -0.25) is 9.59 Å². The summed E-state index contributed by atoms with van der Waals surface area (Å²) in [7, 11) is -6.09. The van der Waals surface area contributed by atoms with Crippen LogP contribution in [0, 0.1) is 13.8 Å². The van der Waals surface area contributed by atoms with Crippen LogP contribution in [-0.2, 0) is 10.1 Å². The molecule has 0 spiro atoms. The van der Waals surface area contributed by atoms with Crippen molar-refractivity contribution in [2.75, 3.05) is 0 Å². The molecule has 0 unspecified atom stereocenters. The molecule has 3 aromatic rings. The smallest absolute Gasteiger partial charge is 0.374 e. The maximum atomic E-state index is 13.4. The van der Waals surface area contributed by atoms with Gasteiger partial charge in [-0.15, -0.1) is 0 Å². The molecule has 0 heterocycles. The Hall–Kier alpha value is -3.17. The minimum absolute atomic E-state index is 0.0355. The maximum Gasteiger partial charge on any atom is 0.534 e. The van der Waals surface area contributed by atoms with E-state index in [0.717, 1.165) is 17.2 Å². The molecule has 4 rings (SSSR count). The van der Waals surface area contributed by atoms with Gasteiger partial charge in [0.05, 0.1) is 5.02 Å². The van der Waals surface area contributed by atoms with E-state index in [0.29, 0.717) is 5.56 Å². The second-order valence-electron chi connectivity index (χ2n) is 7.55. The molecule has 0 fully saturated rings. The van der Waals surface area contributed by atoms with E-state index < -0.39 is 38.0 Å². The third-order valence-electron chi connectivity index (χ3n) is 5.11. The molecule has 0 aliphatic heterocycles. The SMILES string of the molecule is Cc1cc(C)cc(-c2c(Cl)c(OS(=O)(=O)C(F)(F)F)cc3c2C(=O)c2ccccc2C3=O)c1. The Morgan fingerprint density at radius 1 is 0.818 bits per heavy atom. The van der Waals surface area contributed by atoms with Gasteiger partial charge in [0.2, 0.25) is 0 Å². The van der Waals surface area contributed by atoms with Gasteiger partial charge in [-0.2, -0.15) is 21.6 Å². The average Bonchev–Trinajstić information content (AvgIpc) is 2.71. The zero-order valence-electron chi connectivity index (χ0n) is 17.1. The lowest BCUT2D eigenvalue weighted by molar-refractivity contribution is -0.0500. The van der Waals surface area contributed by atoms with Gasteiger partial charge in [-0.1, -0.05) is 65.2 Å². The summed E-state index contributed by atoms with van der Waals surface area (Å²) in [5, 5.41) is -0.535. The lowest BCUT2D eigenvalue weighted by Gasteiger charge is -2.23. The molecule has 0 saturated heterocycles. The summed E-state index contributed by atoms with van der Waals surface area (Å²) >= 11 is 6.36. The van der Waals surface area contributed by atoms with E-state index in [1.165, 1.54) is 18.2 Å². The summed E-state index contributed by atoms with van der Waals surface area (Å²) in [5.41, 5.74) is -4.28. The second-order valence-corrected chi connectivity index (χ2v) is 9.47. The van der Waals surface area contributed by atoms with Gasteiger partial charge < -0.3 is 4.18 Å². The summed E-state index contributed by atoms with van der Waals surface area (Å²) < 4.78 is 66.6. The number of ketones is 2. The summed E-state index contributed by atoms with van der Waals surface area (Å²) in [6.45, 7) is 3.52. The van der Waals surface area contributed by atoms with E-state index in [4.69, 9.17) is 11.6 Å². The van der Waals surface area contributed by atoms with E-state index in [1.54, 1.807) is 32.0 Å². The van der Waals surface area contributed by atoms with Crippen LogP contribution in [0.25, 0.3) is 11.1 Å². The number of hydrogen-bond acceptors (Lipinski definition) is 5. The number of fused-ring (bicyclic) bond motifs is 2. The first-order chi connectivity index (χ1) is 15.3. The molecule has 170 valence electrons. The van der Waals surface area contributed by atoms with Crippen LogP contribution in [0.3, 0.4) is 0 Å². The summed E-state index contributed by atoms with van der Waals surface area (Å²) in [6.07, 6.45) is 0. The number of hydrogen-bond donors (Lipinski definition) is 0. The first kappa shape index (κ1) is 23.0. The van der Waals surface area contributed by atoms with Crippen LogP contribution in [0.5, 0.6) is 5.75 Å². The fourth-order valence-corrected chi connectivity index (χ4v) is 4.63. The fraction of sp³-hybridized carbons (Fsp3) is 0.130. The van der Waals surface area contributed by atoms with Gasteiger partial charge in [-0.25, -0.2) is 0 Å². The second kappa shape index (κ2) is 7.71. The standard InChI is InChI=1S/C23H14ClF3O5S/c1-11-7-12(2)9-13(8-11)18-19-16(21(28)14-5-3-4-6-15(14)22(19)29)10-17(20(18)24)32-33(30,31)23(25,26)27/h3-10H,1-2H3. The summed E-state index contributed by atoms with van der Waals surface area (Å²) in [5.74, 6) is -2.14. The van der Waals surface area contributed by atoms with E-state index in [-0.39, 0.29) is 27.8 Å². The number of carbonyl (C=O) groups excluding carboxylic acids is 2. The summed E-state index contributed by atoms with van der Waals surface area (Å²) in [4.78, 5) is 26.6. The minimum atomic E-state index is -6.09. The molecule has 0 radical (unpaired) electrons. The van der Waals surface area contributed by atoms with Gasteiger partial charge in [0, 0.05) is 27.8 Å². The predicted molar refractivity (Wildman–Crippen MR) is 115 cm³/mol. The highest BCUT2D eigenvalue weighted by molar-refractivity contribution is 7.88.